The number of phenolic OH excluding ortho intramolecular Hbond substituents is 1. The second-order valence-electron chi connectivity index (χ2n) is 20.5. The number of nitrogens with one attached hydrogen (secondary N) is 9. The molecule has 0 fully saturated rings. The van der Waals surface area contributed by atoms with Crippen LogP contribution in [0, 0.1) is 5.92 Å². The zero-order chi connectivity index (χ0) is 62.6. The first-order valence-electron chi connectivity index (χ1n) is 27.4. The summed E-state index contributed by atoms with van der Waals surface area (Å²) in [6.45, 7) is 3.34. The van der Waals surface area contributed by atoms with Gasteiger partial charge in [-0.25, -0.2) is 0 Å². The van der Waals surface area contributed by atoms with Crippen LogP contribution in [0.1, 0.15) is 88.8 Å². The highest BCUT2D eigenvalue weighted by Crippen LogP contribution is 2.26. The van der Waals surface area contributed by atoms with E-state index in [0.29, 0.717) is 41.9 Å². The van der Waals surface area contributed by atoms with Crippen LogP contribution in [0.2, 0.25) is 0 Å². The fourth-order valence-corrected chi connectivity index (χ4v) is 10.3. The number of primary amides is 2. The van der Waals surface area contributed by atoms with E-state index in [-0.39, 0.29) is 67.0 Å². The van der Waals surface area contributed by atoms with Crippen molar-refractivity contribution in [2.45, 2.75) is 138 Å². The molecular formula is C54H76N12O17S2. The molecule has 4 rings (SSSR count). The van der Waals surface area contributed by atoms with Crippen molar-refractivity contribution in [1.82, 2.24) is 47.9 Å². The van der Waals surface area contributed by atoms with E-state index in [2.05, 4.69) is 53.0 Å². The van der Waals surface area contributed by atoms with Gasteiger partial charge in [0, 0.05) is 35.9 Å². The van der Waals surface area contributed by atoms with Crippen molar-refractivity contribution in [2.75, 3.05) is 37.9 Å². The van der Waals surface area contributed by atoms with E-state index >= 15 is 0 Å². The van der Waals surface area contributed by atoms with Gasteiger partial charge in [0.15, 0.2) is 0 Å². The molecule has 0 spiro atoms. The number of nitrogens with zero attached hydrogens (tertiary/aromatic N) is 1. The maximum absolute atomic E-state index is 14.2. The molecule has 29 nitrogen and oxygen atoms in total. The third-order valence-corrected chi connectivity index (χ3v) is 15.0. The largest absolute Gasteiger partial charge is 0.508 e. The van der Waals surface area contributed by atoms with Gasteiger partial charge in [0.2, 0.25) is 59.1 Å². The number of hydrogen-bond donors (Lipinski definition) is 14. The van der Waals surface area contributed by atoms with Crippen LogP contribution < -0.4 is 64.1 Å². The van der Waals surface area contributed by atoms with Crippen LogP contribution in [0.4, 0.5) is 0 Å². The van der Waals surface area contributed by atoms with Crippen LogP contribution in [-0.4, -0.2) is 179 Å². The van der Waals surface area contributed by atoms with Gasteiger partial charge < -0.3 is 84.2 Å². The lowest BCUT2D eigenvalue weighted by atomic mass is 10.0. The summed E-state index contributed by atoms with van der Waals surface area (Å²) in [5, 5.41) is 55.7. The predicted molar refractivity (Wildman–Crippen MR) is 310 cm³/mol. The number of carbonyl (C=O) groups excluding carboxylic acids is 11. The SMILES string of the molecule is CC(C)C[C@@H]1NC(=O)CNC(=O)[C@H](Cc2ccc(O)cc2)NC(=O)[C@H](CC(=O)O)NC(=O)[C@H](CO)NC(=O)[C@@H]2CSCc3cc(cc(c3)OCCCCCCO/N=C/C(=O)N[C@@H](C)C(=O)N2)CSC[C@@H](C(N)=O)NC(=O)[C@H](CCC(N)=O)NC1=O. The maximum atomic E-state index is 14.2. The number of ether oxygens (including phenoxy) is 1. The highest BCUT2D eigenvalue weighted by molar-refractivity contribution is 7.98. The van der Waals surface area contributed by atoms with Crippen molar-refractivity contribution in [3.05, 3.63) is 59.2 Å². The van der Waals surface area contributed by atoms with E-state index in [1.807, 2.05) is 6.07 Å². The molecule has 16 N–H and O–H groups in total. The molecular weight excluding hydrogens is 1150 g/mol. The second-order valence-corrected chi connectivity index (χ2v) is 22.5. The molecule has 8 atom stereocenters. The molecule has 2 aromatic carbocycles. The average molecular weight is 1230 g/mol. The van der Waals surface area contributed by atoms with Crippen LogP contribution in [0.3, 0.4) is 0 Å². The lowest BCUT2D eigenvalue weighted by Gasteiger charge is -2.26. The van der Waals surface area contributed by atoms with Gasteiger partial charge in [0.05, 0.1) is 26.2 Å². The summed E-state index contributed by atoms with van der Waals surface area (Å²) >= 11 is 2.34. The van der Waals surface area contributed by atoms with Crippen LogP contribution in [-0.2, 0) is 80.3 Å². The van der Waals surface area contributed by atoms with Crippen molar-refractivity contribution in [3.8, 4) is 11.5 Å². The fourth-order valence-electron chi connectivity index (χ4n) is 8.32. The van der Waals surface area contributed by atoms with Gasteiger partial charge in [-0.05, 0) is 92.3 Å². The molecule has 31 heteroatoms. The van der Waals surface area contributed by atoms with Crippen molar-refractivity contribution >= 4 is 101 Å². The second kappa shape index (κ2) is 35.8. The number of aliphatic hydroxyl groups is 1. The minimum Gasteiger partial charge on any atom is -0.508 e. The molecule has 85 heavy (non-hydrogen) atoms. The van der Waals surface area contributed by atoms with E-state index in [1.165, 1.54) is 43.0 Å². The molecule has 2 aromatic rings. The van der Waals surface area contributed by atoms with Crippen molar-refractivity contribution in [2.24, 2.45) is 22.5 Å². The summed E-state index contributed by atoms with van der Waals surface area (Å²) in [6.07, 6.45) is 1.42. The Labute approximate surface area is 498 Å². The number of thioether (sulfide) groups is 2. The molecule has 11 amide bonds. The molecule has 0 aliphatic carbocycles. The number of aliphatic carboxylic acids is 1. The first-order chi connectivity index (χ1) is 40.4. The standard InChI is InChI=1S/C54H76N12O17S2/c1-29(2)16-37-51(78)61-36(12-13-43(55)69)50(77)65-41(47(56)74)27-84-25-32-17-33-19-35(18-32)82-14-6-4-5-7-15-83-58-23-45(71)59-30(3)48(75)66-42(28-85-26-33)54(81)64-40(24-67)53(80)63-39(21-46(72)73)52(79)62-38(49(76)57-22-44(70)60-37)20-31-8-10-34(68)11-9-31/h8-11,17-19,23,29-30,36-42,67-68H,4-7,12-16,20-22,24-28H2,1-3H3,(H2,55,69)(H2,56,74)(H,57,76)(H,59,71)(H,60,70)(H,61,78)(H,62,79)(H,63,80)(H,64,81)(H,65,77)(H,66,75)(H,72,73)/b58-23+/t30-,36-,37-,38-,39-,40-,41-,42-/m0/s1. The average Bonchev–Trinajstić information content (AvgIpc) is 3.64. The number of aromatic hydroxyl groups is 1. The van der Waals surface area contributed by atoms with Crippen LogP contribution in [0.15, 0.2) is 47.6 Å². The first kappa shape index (κ1) is 69.3. The van der Waals surface area contributed by atoms with Gasteiger partial charge in [-0.15, -0.1) is 0 Å². The van der Waals surface area contributed by atoms with E-state index in [9.17, 15) is 72.9 Å². The lowest BCUT2D eigenvalue weighted by Crippen LogP contribution is -2.60. The number of carboxylic acid groups (broad SMARTS) is 1. The highest BCUT2D eigenvalue weighted by atomic mass is 32.2. The number of benzene rings is 2. The van der Waals surface area contributed by atoms with Gasteiger partial charge in [0.1, 0.15) is 72.7 Å². The van der Waals surface area contributed by atoms with Crippen molar-refractivity contribution in [1.29, 1.82) is 0 Å². The third kappa shape index (κ3) is 25.7. The van der Waals surface area contributed by atoms with Gasteiger partial charge >= 0.3 is 5.97 Å². The molecule has 0 unspecified atom stereocenters. The number of aliphatic hydroxyl groups excluding tert-OH is 1. The molecule has 2 aliphatic heterocycles. The minimum absolute atomic E-state index is 0.0107. The third-order valence-electron chi connectivity index (χ3n) is 12.8. The Kier molecular flexibility index (Phi) is 29.2. The van der Waals surface area contributed by atoms with E-state index in [4.69, 9.17) is 21.0 Å². The van der Waals surface area contributed by atoms with Crippen molar-refractivity contribution in [3.63, 3.8) is 0 Å². The van der Waals surface area contributed by atoms with E-state index in [0.717, 1.165) is 30.8 Å². The topological polar surface area (TPSA) is 457 Å². The van der Waals surface area contributed by atoms with E-state index < -0.39 is 139 Å². The quantitative estimate of drug-likeness (QED) is 0.109. The number of carbonyl (C=O) groups is 12. The Bertz CT molecular complexity index is 2720. The van der Waals surface area contributed by atoms with Crippen LogP contribution in [0.5, 0.6) is 11.5 Å². The Morgan fingerprint density at radius 2 is 1.28 bits per heavy atom. The zero-order valence-corrected chi connectivity index (χ0v) is 48.9. The summed E-state index contributed by atoms with van der Waals surface area (Å²) in [7, 11) is 0. The molecule has 2 aliphatic rings. The zero-order valence-electron chi connectivity index (χ0n) is 47.3. The number of nitrogens with two attached hydrogens (primary N) is 2. The smallest absolute Gasteiger partial charge is 0.305 e. The van der Waals surface area contributed by atoms with E-state index in [1.54, 1.807) is 26.0 Å². The summed E-state index contributed by atoms with van der Waals surface area (Å²) in [4.78, 5) is 166. The summed E-state index contributed by atoms with van der Waals surface area (Å²) in [5.41, 5.74) is 12.9. The highest BCUT2D eigenvalue weighted by Gasteiger charge is 2.35. The van der Waals surface area contributed by atoms with Gasteiger partial charge in [-0.3, -0.25) is 57.5 Å². The van der Waals surface area contributed by atoms with Gasteiger partial charge in [-0.2, -0.15) is 23.5 Å². The number of fused-ring (bicyclic) bond motifs is 5. The Morgan fingerprint density at radius 1 is 0.682 bits per heavy atom. The molecule has 2 heterocycles. The minimum atomic E-state index is -1.99. The predicted octanol–water partition coefficient (Wildman–Crippen LogP) is -2.65. The number of phenols is 1. The number of hydrogen-bond acceptors (Lipinski definition) is 19. The summed E-state index contributed by atoms with van der Waals surface area (Å²) in [5.74, 6) is -12.2. The molecule has 0 saturated carbocycles. The Morgan fingerprint density at radius 3 is 1.92 bits per heavy atom. The van der Waals surface area contributed by atoms with Crippen LogP contribution >= 0.6 is 23.5 Å². The van der Waals surface area contributed by atoms with Crippen molar-refractivity contribution < 1.29 is 82.4 Å². The molecule has 0 saturated heterocycles. The van der Waals surface area contributed by atoms with Gasteiger partial charge in [-0.1, -0.05) is 37.2 Å². The lowest BCUT2D eigenvalue weighted by molar-refractivity contribution is -0.141. The fraction of sp³-hybridized carbons (Fsp3) is 0.537. The monoisotopic (exact) mass is 1230 g/mol. The number of rotatable bonds is 11. The number of amides is 11. The number of carboxylic acids is 1. The summed E-state index contributed by atoms with van der Waals surface area (Å²) < 4.78 is 6.17. The maximum Gasteiger partial charge on any atom is 0.305 e. The van der Waals surface area contributed by atoms with Gasteiger partial charge in [0.25, 0.3) is 5.91 Å². The molecule has 0 aromatic heterocycles. The number of oxime groups is 1. The Balaban J connectivity index is 1.79. The normalized spacial score (nSPS) is 24.5. The molecule has 4 bridgehead atoms. The Hall–Kier alpha value is -8.19. The van der Waals surface area contributed by atoms with Crippen LogP contribution in [0.25, 0.3) is 0 Å². The first-order valence-corrected chi connectivity index (χ1v) is 29.7. The molecule has 466 valence electrons. The molecule has 0 radical (unpaired) electrons. The summed E-state index contributed by atoms with van der Waals surface area (Å²) in [6, 6.07) is -1.73.